The summed E-state index contributed by atoms with van der Waals surface area (Å²) in [5.74, 6) is -5.50. The number of benzene rings is 1. The lowest BCUT2D eigenvalue weighted by Gasteiger charge is -2.34. The van der Waals surface area contributed by atoms with Crippen LogP contribution in [0.2, 0.25) is 0 Å². The molecule has 0 bridgehead atoms. The van der Waals surface area contributed by atoms with Gasteiger partial charge >= 0.3 is 11.9 Å². The van der Waals surface area contributed by atoms with E-state index in [1.807, 2.05) is 41.5 Å². The van der Waals surface area contributed by atoms with E-state index in [1.54, 1.807) is 38.9 Å². The number of phenolic OH excluding ortho intramolecular Hbond substituents is 1. The number of nitrogens with zero attached hydrogens (tertiary/aromatic N) is 4. The highest BCUT2D eigenvalue weighted by atomic mass is 32.2. The summed E-state index contributed by atoms with van der Waals surface area (Å²) in [5, 5.41) is 37.7. The third-order valence-corrected chi connectivity index (χ3v) is 16.8. The van der Waals surface area contributed by atoms with Gasteiger partial charge in [-0.1, -0.05) is 61.0 Å². The van der Waals surface area contributed by atoms with Gasteiger partial charge in [0.2, 0.25) is 41.4 Å². The van der Waals surface area contributed by atoms with Gasteiger partial charge in [-0.25, -0.2) is 4.98 Å². The Hall–Kier alpha value is -6.22. The standard InChI is InChI=1S/C60H95N9O15S2/c1-14-38(6)27-53(75)68(12)46(36(2)3)31-48(84-40(8)70)57-66-45(34-85-57)56(78)63-42(28-39(7)59(80)81)29-41-22-23-47(71)44(30-41)65-50(72)20-17-25-62-55(77)43(19-15-16-24-61-52(74)33-60(9,10)83-35-67(11)82-13)64-51(73)21-18-26-69-54(76)32-49(58(69)79)86-37(4)5/h22-23,30,34,36-39,42-43,46,48-49,71H,14-21,24-29,31-33,35H2,1-13H3,(H,61,74)(H,62,77)(H,63,78)(H,64,73)(H,65,72)(H,80,81)/t38-,39?,42+,43-,46?,48+,49?/m0/s1. The Morgan fingerprint density at radius 3 is 2.23 bits per heavy atom. The van der Waals surface area contributed by atoms with Crippen molar-refractivity contribution in [3.8, 4) is 5.75 Å². The van der Waals surface area contributed by atoms with Gasteiger partial charge < -0.3 is 56.0 Å². The molecule has 26 heteroatoms. The highest BCUT2D eigenvalue weighted by Crippen LogP contribution is 2.32. The SMILES string of the molecule is CC[C@H](C)CC(=O)N(C)C(C[C@@H](OC(C)=O)c1nc(C(=O)N[C@@H](Cc2ccc(O)c(NC(=O)CCCNC(=O)[C@H](CCCCNC(=O)CC(C)(C)OCN(C)OC)NC(=O)CCCN3C(=O)CC(SC(C)C)C3=O)c2)CC(C)C(=O)O)cs1)C(C)C. The van der Waals surface area contributed by atoms with E-state index in [9.17, 15) is 58.2 Å². The molecule has 1 fully saturated rings. The summed E-state index contributed by atoms with van der Waals surface area (Å²) < 4.78 is 11.5. The highest BCUT2D eigenvalue weighted by Gasteiger charge is 2.39. The Balaban J connectivity index is 1.66. The van der Waals surface area contributed by atoms with Crippen molar-refractivity contribution < 1.29 is 72.5 Å². The molecule has 8 amide bonds. The maximum atomic E-state index is 13.9. The fraction of sp³-hybridized carbons (Fsp3) is 0.683. The van der Waals surface area contributed by atoms with Crippen molar-refractivity contribution in [3.05, 3.63) is 39.8 Å². The number of imide groups is 1. The topological polar surface area (TPSA) is 322 Å². The van der Waals surface area contributed by atoms with E-state index in [2.05, 4.69) is 31.6 Å². The molecule has 3 unspecified atom stereocenters. The lowest BCUT2D eigenvalue weighted by atomic mass is 9.95. The lowest BCUT2D eigenvalue weighted by Crippen LogP contribution is -2.47. The number of carboxylic acids is 1. The number of rotatable bonds is 40. The molecule has 2 aromatic rings. The molecule has 1 aliphatic heterocycles. The number of thiazole rings is 1. The number of aromatic hydroxyl groups is 1. The number of anilines is 1. The number of thioether (sulfide) groups is 1. The Labute approximate surface area is 515 Å². The minimum Gasteiger partial charge on any atom is -0.506 e. The summed E-state index contributed by atoms with van der Waals surface area (Å²) in [5.41, 5.74) is -0.166. The first-order chi connectivity index (χ1) is 40.4. The number of aliphatic carboxylic acids is 1. The van der Waals surface area contributed by atoms with E-state index in [0.717, 1.165) is 17.8 Å². The molecule has 7 atom stereocenters. The fourth-order valence-electron chi connectivity index (χ4n) is 9.45. The molecule has 0 radical (unpaired) electrons. The van der Waals surface area contributed by atoms with Crippen LogP contribution in [-0.4, -0.2) is 171 Å². The molecule has 2 heterocycles. The number of ether oxygens (including phenoxy) is 2. The number of carbonyl (C=O) groups excluding carboxylic acids is 9. The number of esters is 1. The van der Waals surface area contributed by atoms with Gasteiger partial charge in [0.15, 0.2) is 6.10 Å². The molecule has 1 aliphatic rings. The summed E-state index contributed by atoms with van der Waals surface area (Å²) in [6.45, 7) is 18.8. The second-order valence-corrected chi connectivity index (χ2v) is 26.1. The fourth-order valence-corrected chi connectivity index (χ4v) is 11.4. The molecule has 1 aromatic carbocycles. The van der Waals surface area contributed by atoms with Crippen LogP contribution in [0.25, 0.3) is 0 Å². The maximum Gasteiger partial charge on any atom is 0.306 e. The van der Waals surface area contributed by atoms with E-state index in [1.165, 1.54) is 60.2 Å². The molecule has 0 spiro atoms. The molecular weight excluding hydrogens is 1150 g/mol. The van der Waals surface area contributed by atoms with Gasteiger partial charge in [0.1, 0.15) is 29.2 Å². The lowest BCUT2D eigenvalue weighted by molar-refractivity contribution is -0.199. The number of unbranched alkanes of at least 4 members (excludes halogenated alkanes) is 1. The van der Waals surface area contributed by atoms with Crippen molar-refractivity contribution in [2.24, 2.45) is 17.8 Å². The van der Waals surface area contributed by atoms with E-state index in [4.69, 9.17) is 14.3 Å². The normalized spacial score (nSPS) is 15.6. The number of amides is 8. The summed E-state index contributed by atoms with van der Waals surface area (Å²) in [6.07, 6.45) is 2.20. The molecule has 1 saturated heterocycles. The molecule has 0 saturated carbocycles. The van der Waals surface area contributed by atoms with Crippen molar-refractivity contribution >= 4 is 88.0 Å². The molecule has 3 rings (SSSR count). The predicted octanol–water partition coefficient (Wildman–Crippen LogP) is 6.51. The van der Waals surface area contributed by atoms with Crippen LogP contribution in [0, 0.1) is 17.8 Å². The smallest absolute Gasteiger partial charge is 0.306 e. The zero-order valence-corrected chi connectivity index (χ0v) is 54.2. The number of nitrogens with one attached hydrogen (secondary N) is 5. The molecule has 482 valence electrons. The third kappa shape index (κ3) is 26.4. The molecule has 86 heavy (non-hydrogen) atoms. The first-order valence-corrected chi connectivity index (χ1v) is 31.5. The maximum absolute atomic E-state index is 13.9. The van der Waals surface area contributed by atoms with Gasteiger partial charge in [0.05, 0.1) is 36.0 Å². The number of carboxylic acid groups (broad SMARTS) is 1. The van der Waals surface area contributed by atoms with Crippen molar-refractivity contribution in [3.63, 3.8) is 0 Å². The Morgan fingerprint density at radius 1 is 0.907 bits per heavy atom. The number of likely N-dealkylation sites (tertiary alicyclic amines) is 1. The van der Waals surface area contributed by atoms with Crippen LogP contribution in [-0.2, 0) is 63.9 Å². The first-order valence-electron chi connectivity index (χ1n) is 29.7. The number of phenols is 1. The van der Waals surface area contributed by atoms with Crippen LogP contribution < -0.4 is 26.6 Å². The number of hydrogen-bond acceptors (Lipinski definition) is 18. The van der Waals surface area contributed by atoms with Crippen molar-refractivity contribution in [1.29, 1.82) is 0 Å². The average Bonchev–Trinajstić information content (AvgIpc) is 2.43. The average molecular weight is 1250 g/mol. The van der Waals surface area contributed by atoms with Crippen LogP contribution in [0.1, 0.15) is 180 Å². The quantitative estimate of drug-likeness (QED) is 0.00934. The number of carbonyl (C=O) groups is 10. The summed E-state index contributed by atoms with van der Waals surface area (Å²) >= 11 is 2.54. The molecule has 7 N–H and O–H groups in total. The summed E-state index contributed by atoms with van der Waals surface area (Å²) in [4.78, 5) is 142. The number of hydroxylamine groups is 2. The monoisotopic (exact) mass is 1250 g/mol. The van der Waals surface area contributed by atoms with Gasteiger partial charge in [0, 0.05) is 90.2 Å². The van der Waals surface area contributed by atoms with Crippen LogP contribution >= 0.6 is 23.1 Å². The van der Waals surface area contributed by atoms with Crippen LogP contribution in [0.5, 0.6) is 5.75 Å². The van der Waals surface area contributed by atoms with E-state index in [-0.39, 0.29) is 148 Å². The summed E-state index contributed by atoms with van der Waals surface area (Å²) in [7, 11) is 4.94. The van der Waals surface area contributed by atoms with Gasteiger partial charge in [-0.2, -0.15) is 5.06 Å². The second kappa shape index (κ2) is 36.8. The van der Waals surface area contributed by atoms with Gasteiger partial charge in [-0.3, -0.25) is 52.8 Å². The number of aromatic nitrogens is 1. The molecule has 24 nitrogen and oxygen atoms in total. The van der Waals surface area contributed by atoms with Crippen molar-refractivity contribution in [2.75, 3.05) is 52.9 Å². The number of hydrogen-bond donors (Lipinski definition) is 7. The van der Waals surface area contributed by atoms with E-state index < -0.39 is 70.5 Å². The molecular formula is C60H95N9O15S2. The minimum atomic E-state index is -1.09. The van der Waals surface area contributed by atoms with E-state index in [0.29, 0.717) is 36.4 Å². The first kappa shape index (κ1) is 74.0. The molecule has 1 aromatic heterocycles. The zero-order valence-electron chi connectivity index (χ0n) is 52.5. The van der Waals surface area contributed by atoms with Gasteiger partial charge in [-0.05, 0) is 93.6 Å². The Kier molecular flexibility index (Phi) is 31.7. The van der Waals surface area contributed by atoms with Crippen LogP contribution in [0.4, 0.5) is 5.69 Å². The largest absolute Gasteiger partial charge is 0.506 e. The van der Waals surface area contributed by atoms with Gasteiger partial charge in [0.25, 0.3) is 5.91 Å². The highest BCUT2D eigenvalue weighted by molar-refractivity contribution is 8.01. The predicted molar refractivity (Wildman–Crippen MR) is 327 cm³/mol. The third-order valence-electron chi connectivity index (χ3n) is 14.6. The molecule has 0 aliphatic carbocycles. The van der Waals surface area contributed by atoms with Crippen molar-refractivity contribution in [2.45, 2.75) is 199 Å². The minimum absolute atomic E-state index is 0.00328. The summed E-state index contributed by atoms with van der Waals surface area (Å²) in [6, 6.07) is 2.39. The van der Waals surface area contributed by atoms with E-state index >= 15 is 0 Å². The van der Waals surface area contributed by atoms with Crippen LogP contribution in [0.15, 0.2) is 23.6 Å². The second-order valence-electron chi connectivity index (χ2n) is 23.4. The Bertz CT molecular complexity index is 2600. The zero-order chi connectivity index (χ0) is 64.4. The van der Waals surface area contributed by atoms with Crippen molar-refractivity contribution in [1.82, 2.24) is 41.1 Å². The van der Waals surface area contributed by atoms with Gasteiger partial charge in [-0.15, -0.1) is 23.1 Å². The Morgan fingerprint density at radius 2 is 1.59 bits per heavy atom. The van der Waals surface area contributed by atoms with Crippen LogP contribution in [0.3, 0.4) is 0 Å².